The van der Waals surface area contributed by atoms with Crippen LogP contribution in [0.3, 0.4) is 0 Å². The molecule has 0 bridgehead atoms. The number of aryl methyl sites for hydroxylation is 3. The van der Waals surface area contributed by atoms with Crippen molar-refractivity contribution in [3.8, 4) is 0 Å². The van der Waals surface area contributed by atoms with Crippen LogP contribution in [-0.2, 0) is 11.2 Å². The Morgan fingerprint density at radius 3 is 2.72 bits per heavy atom. The molecule has 0 aliphatic rings. The zero-order chi connectivity index (χ0) is 20.5. The maximum atomic E-state index is 12.5. The van der Waals surface area contributed by atoms with E-state index < -0.39 is 5.91 Å². The summed E-state index contributed by atoms with van der Waals surface area (Å²) in [5, 5.41) is 4.15. The highest BCUT2D eigenvalue weighted by Gasteiger charge is 2.17. The van der Waals surface area contributed by atoms with E-state index in [4.69, 9.17) is 0 Å². The summed E-state index contributed by atoms with van der Waals surface area (Å²) in [5.41, 5.74) is 9.20. The van der Waals surface area contributed by atoms with E-state index in [1.807, 2.05) is 32.0 Å². The predicted molar refractivity (Wildman–Crippen MR) is 104 cm³/mol. The van der Waals surface area contributed by atoms with Crippen molar-refractivity contribution in [3.05, 3.63) is 59.1 Å². The monoisotopic (exact) mass is 392 g/mol. The number of imidazole rings is 1. The van der Waals surface area contributed by atoms with Gasteiger partial charge in [-0.25, -0.2) is 14.5 Å². The molecule has 0 saturated heterocycles. The van der Waals surface area contributed by atoms with E-state index in [0.717, 1.165) is 17.0 Å². The van der Waals surface area contributed by atoms with Crippen LogP contribution in [0.5, 0.6) is 0 Å². The van der Waals surface area contributed by atoms with Crippen molar-refractivity contribution in [1.29, 1.82) is 0 Å². The van der Waals surface area contributed by atoms with E-state index in [1.54, 1.807) is 22.0 Å². The van der Waals surface area contributed by atoms with Crippen molar-refractivity contribution >= 4 is 23.2 Å². The summed E-state index contributed by atoms with van der Waals surface area (Å²) in [6.45, 7) is 5.55. The van der Waals surface area contributed by atoms with Gasteiger partial charge in [0.2, 0.25) is 5.91 Å². The van der Waals surface area contributed by atoms with E-state index in [9.17, 15) is 9.59 Å². The van der Waals surface area contributed by atoms with Crippen LogP contribution in [0.15, 0.2) is 30.7 Å². The smallest absolute Gasteiger partial charge is 0.288 e. The number of amides is 2. The topological polar surface area (TPSA) is 119 Å². The second kappa shape index (κ2) is 7.30. The number of hydrazine groups is 1. The summed E-state index contributed by atoms with van der Waals surface area (Å²) in [4.78, 5) is 37.6. The molecule has 0 aliphatic heterocycles. The molecule has 0 atom stereocenters. The fraction of sp³-hybridized carbons (Fsp3) is 0.263. The van der Waals surface area contributed by atoms with Crippen LogP contribution in [-0.4, -0.2) is 40.8 Å². The molecule has 0 fully saturated rings. The molecular formula is C19H20N8O2. The Kier molecular flexibility index (Phi) is 4.67. The molecule has 10 heteroatoms. The van der Waals surface area contributed by atoms with Crippen LogP contribution in [0.4, 0.5) is 0 Å². The summed E-state index contributed by atoms with van der Waals surface area (Å²) in [7, 11) is 0. The lowest BCUT2D eigenvalue weighted by atomic mass is 10.1. The Morgan fingerprint density at radius 1 is 1.07 bits per heavy atom. The minimum atomic E-state index is -0.424. The number of hydrogen-bond acceptors (Lipinski definition) is 6. The molecule has 29 heavy (non-hydrogen) atoms. The van der Waals surface area contributed by atoms with E-state index in [-0.39, 0.29) is 12.3 Å². The predicted octanol–water partition coefficient (Wildman–Crippen LogP) is 1.09. The highest BCUT2D eigenvalue weighted by atomic mass is 16.2. The first-order valence-corrected chi connectivity index (χ1v) is 9.14. The zero-order valence-corrected chi connectivity index (χ0v) is 16.3. The lowest BCUT2D eigenvalue weighted by molar-refractivity contribution is -0.121. The lowest BCUT2D eigenvalue weighted by Gasteiger charge is -2.11. The van der Waals surface area contributed by atoms with Gasteiger partial charge in [0.25, 0.3) is 11.7 Å². The standard InChI is InChI=1S/C19H20N8O2/c1-11-14(13(3)27-19(23-11)20-10-21-27)7-8-16(28)24-25-18(29)17-12(2)22-15-6-4-5-9-26(15)17/h4-6,9-10H,7-8H2,1-3H3,(H,24,28)(H,25,29). The van der Waals surface area contributed by atoms with Gasteiger partial charge >= 0.3 is 0 Å². The van der Waals surface area contributed by atoms with Crippen molar-refractivity contribution in [1.82, 2.24) is 39.8 Å². The van der Waals surface area contributed by atoms with Gasteiger partial charge in [-0.05, 0) is 44.9 Å². The van der Waals surface area contributed by atoms with Gasteiger partial charge in [-0.3, -0.25) is 24.8 Å². The van der Waals surface area contributed by atoms with Gasteiger partial charge in [0.15, 0.2) is 0 Å². The van der Waals surface area contributed by atoms with Gasteiger partial charge in [0.05, 0.1) is 5.69 Å². The molecule has 148 valence electrons. The molecule has 0 radical (unpaired) electrons. The molecule has 2 N–H and O–H groups in total. The SMILES string of the molecule is Cc1nc2ncnn2c(C)c1CCC(=O)NNC(=O)c1c(C)nc2ccccn12. The Morgan fingerprint density at radius 2 is 1.90 bits per heavy atom. The molecule has 4 aromatic rings. The number of aromatic nitrogens is 6. The maximum absolute atomic E-state index is 12.5. The van der Waals surface area contributed by atoms with Crippen LogP contribution < -0.4 is 10.9 Å². The van der Waals surface area contributed by atoms with Crippen LogP contribution in [0, 0.1) is 20.8 Å². The van der Waals surface area contributed by atoms with Crippen LogP contribution in [0.1, 0.15) is 39.6 Å². The first-order valence-electron chi connectivity index (χ1n) is 9.14. The molecule has 0 saturated carbocycles. The average molecular weight is 392 g/mol. The minimum absolute atomic E-state index is 0.190. The Hall–Kier alpha value is -3.82. The average Bonchev–Trinajstić information content (AvgIpc) is 3.29. The third kappa shape index (κ3) is 3.40. The lowest BCUT2D eigenvalue weighted by Crippen LogP contribution is -2.42. The highest BCUT2D eigenvalue weighted by molar-refractivity contribution is 5.95. The van der Waals surface area contributed by atoms with E-state index in [0.29, 0.717) is 29.2 Å². The molecule has 0 unspecified atom stereocenters. The van der Waals surface area contributed by atoms with Crippen LogP contribution in [0.2, 0.25) is 0 Å². The number of nitrogens with one attached hydrogen (secondary N) is 2. The Balaban J connectivity index is 1.40. The Bertz CT molecular complexity index is 1240. The van der Waals surface area contributed by atoms with Gasteiger partial charge < -0.3 is 0 Å². The number of pyridine rings is 1. The van der Waals surface area contributed by atoms with Gasteiger partial charge in [0.1, 0.15) is 17.7 Å². The van der Waals surface area contributed by atoms with Crippen molar-refractivity contribution in [2.75, 3.05) is 0 Å². The normalized spacial score (nSPS) is 11.1. The molecule has 4 heterocycles. The molecule has 10 nitrogen and oxygen atoms in total. The van der Waals surface area contributed by atoms with Crippen molar-refractivity contribution in [2.45, 2.75) is 33.6 Å². The van der Waals surface area contributed by atoms with Crippen molar-refractivity contribution < 1.29 is 9.59 Å². The summed E-state index contributed by atoms with van der Waals surface area (Å²) in [6, 6.07) is 5.47. The summed E-state index contributed by atoms with van der Waals surface area (Å²) >= 11 is 0. The number of carbonyl (C=O) groups excluding carboxylic acids is 2. The molecule has 4 aromatic heterocycles. The zero-order valence-electron chi connectivity index (χ0n) is 16.3. The number of nitrogens with zero attached hydrogens (tertiary/aromatic N) is 6. The summed E-state index contributed by atoms with van der Waals surface area (Å²) in [5.74, 6) is -0.196. The molecular weight excluding hydrogens is 372 g/mol. The van der Waals surface area contributed by atoms with Gasteiger partial charge in [-0.1, -0.05) is 6.07 Å². The van der Waals surface area contributed by atoms with E-state index in [1.165, 1.54) is 6.33 Å². The molecule has 2 amide bonds. The van der Waals surface area contributed by atoms with Gasteiger partial charge in [-0.15, -0.1) is 0 Å². The van der Waals surface area contributed by atoms with Crippen LogP contribution in [0.25, 0.3) is 11.4 Å². The number of rotatable bonds is 4. The highest BCUT2D eigenvalue weighted by Crippen LogP contribution is 2.15. The quantitative estimate of drug-likeness (QED) is 0.502. The van der Waals surface area contributed by atoms with E-state index in [2.05, 4.69) is 30.9 Å². The second-order valence-corrected chi connectivity index (χ2v) is 6.71. The van der Waals surface area contributed by atoms with Crippen molar-refractivity contribution in [3.63, 3.8) is 0 Å². The first-order chi connectivity index (χ1) is 14.0. The van der Waals surface area contributed by atoms with Crippen LogP contribution >= 0.6 is 0 Å². The third-order valence-electron chi connectivity index (χ3n) is 4.83. The molecule has 0 aromatic carbocycles. The fourth-order valence-corrected chi connectivity index (χ4v) is 3.39. The second-order valence-electron chi connectivity index (χ2n) is 6.71. The molecule has 0 aliphatic carbocycles. The van der Waals surface area contributed by atoms with E-state index >= 15 is 0 Å². The summed E-state index contributed by atoms with van der Waals surface area (Å²) < 4.78 is 3.33. The third-order valence-corrected chi connectivity index (χ3v) is 4.83. The largest absolute Gasteiger partial charge is 0.295 e. The molecule has 4 rings (SSSR count). The number of hydrogen-bond donors (Lipinski definition) is 2. The fourth-order valence-electron chi connectivity index (χ4n) is 3.39. The molecule has 0 spiro atoms. The maximum Gasteiger partial charge on any atom is 0.288 e. The minimum Gasteiger partial charge on any atom is -0.295 e. The summed E-state index contributed by atoms with van der Waals surface area (Å²) in [6.07, 6.45) is 3.86. The van der Waals surface area contributed by atoms with Crippen molar-refractivity contribution in [2.24, 2.45) is 0 Å². The van der Waals surface area contributed by atoms with Gasteiger partial charge in [-0.2, -0.15) is 10.1 Å². The number of carbonyl (C=O) groups is 2. The number of fused-ring (bicyclic) bond motifs is 2. The van der Waals surface area contributed by atoms with Gasteiger partial charge in [0, 0.05) is 24.0 Å². The first kappa shape index (κ1) is 18.5. The Labute approximate surface area is 166 Å².